The van der Waals surface area contributed by atoms with Crippen molar-refractivity contribution in [2.75, 3.05) is 24.3 Å². The Bertz CT molecular complexity index is 1270. The van der Waals surface area contributed by atoms with Crippen molar-refractivity contribution in [3.8, 4) is 11.3 Å². The highest BCUT2D eigenvalue weighted by Crippen LogP contribution is 2.31. The van der Waals surface area contributed by atoms with Crippen molar-refractivity contribution in [1.29, 1.82) is 0 Å². The van der Waals surface area contributed by atoms with E-state index in [2.05, 4.69) is 15.4 Å². The minimum atomic E-state index is -0.245. The van der Waals surface area contributed by atoms with E-state index in [1.807, 2.05) is 63.5 Å². The fourth-order valence-corrected chi connectivity index (χ4v) is 3.65. The topological polar surface area (TPSA) is 89.1 Å². The maximum atomic E-state index is 13.4. The van der Waals surface area contributed by atoms with Gasteiger partial charge < -0.3 is 14.6 Å². The van der Waals surface area contributed by atoms with Gasteiger partial charge in [0.15, 0.2) is 11.5 Å². The molecule has 0 saturated heterocycles. The number of hydrogen-bond donors (Lipinski definition) is 1. The van der Waals surface area contributed by atoms with Gasteiger partial charge in [0.1, 0.15) is 11.5 Å². The molecule has 4 aromatic rings. The van der Waals surface area contributed by atoms with Gasteiger partial charge in [-0.2, -0.15) is 5.10 Å². The molecule has 1 amide bonds. The maximum absolute atomic E-state index is 13.4. The SMILES string of the molecule is Cc1cc(-c2cc(C(=O)Nc3cccnc3N(C)C)c3cnn(C(C)C)c3n2)c(C)o1. The number of hydrogen-bond acceptors (Lipinski definition) is 6. The lowest BCUT2D eigenvalue weighted by molar-refractivity contribution is 0.102. The summed E-state index contributed by atoms with van der Waals surface area (Å²) in [6, 6.07) is 7.46. The average molecular weight is 419 g/mol. The molecule has 31 heavy (non-hydrogen) atoms. The number of furan rings is 1. The van der Waals surface area contributed by atoms with E-state index in [1.165, 1.54) is 0 Å². The minimum Gasteiger partial charge on any atom is -0.466 e. The predicted octanol–water partition coefficient (Wildman–Crippen LogP) is 4.60. The number of carbonyl (C=O) groups is 1. The van der Waals surface area contributed by atoms with Crippen molar-refractivity contribution in [3.05, 3.63) is 53.7 Å². The first-order valence-corrected chi connectivity index (χ1v) is 10.2. The van der Waals surface area contributed by atoms with Crippen LogP contribution < -0.4 is 10.2 Å². The van der Waals surface area contributed by atoms with Crippen molar-refractivity contribution in [3.63, 3.8) is 0 Å². The van der Waals surface area contributed by atoms with Crippen LogP contribution in [0.25, 0.3) is 22.3 Å². The fourth-order valence-electron chi connectivity index (χ4n) is 3.65. The Morgan fingerprint density at radius 1 is 1.23 bits per heavy atom. The minimum absolute atomic E-state index is 0.0991. The van der Waals surface area contributed by atoms with Gasteiger partial charge in [-0.1, -0.05) is 0 Å². The molecule has 0 aromatic carbocycles. The third-order valence-corrected chi connectivity index (χ3v) is 5.08. The number of pyridine rings is 2. The number of fused-ring (bicyclic) bond motifs is 1. The molecular weight excluding hydrogens is 392 g/mol. The van der Waals surface area contributed by atoms with E-state index >= 15 is 0 Å². The van der Waals surface area contributed by atoms with Crippen LogP contribution in [0, 0.1) is 13.8 Å². The molecule has 0 saturated carbocycles. The number of rotatable bonds is 5. The fraction of sp³-hybridized carbons (Fsp3) is 0.304. The molecule has 0 aliphatic heterocycles. The van der Waals surface area contributed by atoms with Crippen LogP contribution in [-0.2, 0) is 0 Å². The van der Waals surface area contributed by atoms with Crippen LogP contribution in [0.3, 0.4) is 0 Å². The summed E-state index contributed by atoms with van der Waals surface area (Å²) in [7, 11) is 3.77. The average Bonchev–Trinajstić information content (AvgIpc) is 3.29. The van der Waals surface area contributed by atoms with Crippen LogP contribution in [0.5, 0.6) is 0 Å². The van der Waals surface area contributed by atoms with Gasteiger partial charge in [-0.15, -0.1) is 0 Å². The smallest absolute Gasteiger partial charge is 0.256 e. The standard InChI is InChI=1S/C23H26N6O2/c1-13(2)29-21-18(12-25-29)17(11-20(26-21)16-10-14(3)31-15(16)4)23(30)27-19-8-7-9-24-22(19)28(5)6/h7-13H,1-6H3,(H,27,30). The molecule has 0 spiro atoms. The second-order valence-corrected chi connectivity index (χ2v) is 8.03. The van der Waals surface area contributed by atoms with Crippen LogP contribution in [0.2, 0.25) is 0 Å². The molecule has 4 aromatic heterocycles. The molecule has 0 atom stereocenters. The second kappa shape index (κ2) is 7.86. The Morgan fingerprint density at radius 2 is 2.00 bits per heavy atom. The molecule has 0 unspecified atom stereocenters. The molecule has 0 bridgehead atoms. The van der Waals surface area contributed by atoms with Crippen LogP contribution in [0.15, 0.2) is 41.1 Å². The molecule has 1 N–H and O–H groups in total. The van der Waals surface area contributed by atoms with Crippen molar-refractivity contribution in [2.45, 2.75) is 33.7 Å². The second-order valence-electron chi connectivity index (χ2n) is 8.03. The Kier molecular flexibility index (Phi) is 5.22. The van der Waals surface area contributed by atoms with E-state index in [4.69, 9.17) is 9.40 Å². The molecule has 0 fully saturated rings. The molecule has 8 nitrogen and oxygen atoms in total. The van der Waals surface area contributed by atoms with Gasteiger partial charge in [0.25, 0.3) is 5.91 Å². The first-order chi connectivity index (χ1) is 14.8. The number of amides is 1. The third-order valence-electron chi connectivity index (χ3n) is 5.08. The molecule has 0 aliphatic rings. The first-order valence-electron chi connectivity index (χ1n) is 10.2. The maximum Gasteiger partial charge on any atom is 0.256 e. The van der Waals surface area contributed by atoms with E-state index in [-0.39, 0.29) is 11.9 Å². The molecule has 4 rings (SSSR count). The number of aryl methyl sites for hydroxylation is 2. The third kappa shape index (κ3) is 3.76. The highest BCUT2D eigenvalue weighted by Gasteiger charge is 2.21. The Balaban J connectivity index is 1.87. The number of nitrogens with zero attached hydrogens (tertiary/aromatic N) is 5. The zero-order chi connectivity index (χ0) is 22.3. The number of aromatic nitrogens is 4. The van der Waals surface area contributed by atoms with E-state index in [9.17, 15) is 4.79 Å². The van der Waals surface area contributed by atoms with Gasteiger partial charge in [0, 0.05) is 31.9 Å². The molecular formula is C23H26N6O2. The van der Waals surface area contributed by atoms with Gasteiger partial charge >= 0.3 is 0 Å². The molecule has 160 valence electrons. The largest absolute Gasteiger partial charge is 0.466 e. The predicted molar refractivity (Wildman–Crippen MR) is 122 cm³/mol. The van der Waals surface area contributed by atoms with Crippen molar-refractivity contribution in [2.24, 2.45) is 0 Å². The molecule has 8 heteroatoms. The van der Waals surface area contributed by atoms with E-state index in [0.29, 0.717) is 33.8 Å². The Morgan fingerprint density at radius 3 is 2.65 bits per heavy atom. The normalized spacial score (nSPS) is 11.3. The molecule has 0 radical (unpaired) electrons. The zero-order valence-electron chi connectivity index (χ0n) is 18.6. The monoisotopic (exact) mass is 418 g/mol. The van der Waals surface area contributed by atoms with Gasteiger partial charge in [-0.3, -0.25) is 4.79 Å². The van der Waals surface area contributed by atoms with Gasteiger partial charge in [0.2, 0.25) is 0 Å². The summed E-state index contributed by atoms with van der Waals surface area (Å²) in [5, 5.41) is 8.19. The highest BCUT2D eigenvalue weighted by molar-refractivity contribution is 6.13. The van der Waals surface area contributed by atoms with E-state index in [0.717, 1.165) is 17.1 Å². The summed E-state index contributed by atoms with van der Waals surface area (Å²) in [4.78, 5) is 24.5. The Labute approximate surface area is 180 Å². The highest BCUT2D eigenvalue weighted by atomic mass is 16.3. The number of nitrogens with one attached hydrogen (secondary N) is 1. The summed E-state index contributed by atoms with van der Waals surface area (Å²) in [5.41, 5.74) is 3.33. The van der Waals surface area contributed by atoms with E-state index in [1.54, 1.807) is 24.5 Å². The zero-order valence-corrected chi connectivity index (χ0v) is 18.6. The number of anilines is 2. The Hall–Kier alpha value is -3.68. The summed E-state index contributed by atoms with van der Waals surface area (Å²) in [5.74, 6) is 1.99. The van der Waals surface area contributed by atoms with Crippen molar-refractivity contribution >= 4 is 28.4 Å². The molecule has 0 aliphatic carbocycles. The summed E-state index contributed by atoms with van der Waals surface area (Å²) in [6.45, 7) is 7.86. The van der Waals surface area contributed by atoms with Crippen molar-refractivity contribution < 1.29 is 9.21 Å². The lowest BCUT2D eigenvalue weighted by atomic mass is 10.1. The van der Waals surface area contributed by atoms with Gasteiger partial charge in [-0.05, 0) is 52.0 Å². The van der Waals surface area contributed by atoms with Crippen LogP contribution in [-0.4, -0.2) is 39.8 Å². The van der Waals surface area contributed by atoms with Gasteiger partial charge in [0.05, 0.1) is 28.5 Å². The van der Waals surface area contributed by atoms with E-state index < -0.39 is 0 Å². The van der Waals surface area contributed by atoms with Crippen LogP contribution in [0.4, 0.5) is 11.5 Å². The lowest BCUT2D eigenvalue weighted by Crippen LogP contribution is -2.18. The first kappa shape index (κ1) is 20.6. The van der Waals surface area contributed by atoms with Crippen LogP contribution >= 0.6 is 0 Å². The lowest BCUT2D eigenvalue weighted by Gasteiger charge is -2.16. The van der Waals surface area contributed by atoms with Gasteiger partial charge in [-0.25, -0.2) is 14.6 Å². The van der Waals surface area contributed by atoms with Crippen molar-refractivity contribution in [1.82, 2.24) is 19.7 Å². The number of carbonyl (C=O) groups excluding carboxylic acids is 1. The summed E-state index contributed by atoms with van der Waals surface area (Å²) in [6.07, 6.45) is 3.40. The summed E-state index contributed by atoms with van der Waals surface area (Å²) >= 11 is 0. The molecule has 4 heterocycles. The van der Waals surface area contributed by atoms with Crippen LogP contribution in [0.1, 0.15) is 41.8 Å². The summed E-state index contributed by atoms with van der Waals surface area (Å²) < 4.78 is 7.53. The quantitative estimate of drug-likeness (QED) is 0.509.